The first-order valence-electron chi connectivity index (χ1n) is 8.80. The van der Waals surface area contributed by atoms with Crippen LogP contribution in [0.2, 0.25) is 0 Å². The van der Waals surface area contributed by atoms with Gasteiger partial charge in [-0.25, -0.2) is 0 Å². The van der Waals surface area contributed by atoms with E-state index < -0.39 is 0 Å². The van der Waals surface area contributed by atoms with Crippen molar-refractivity contribution in [3.63, 3.8) is 0 Å². The molecule has 0 aromatic heterocycles. The van der Waals surface area contributed by atoms with Crippen LogP contribution in [0.5, 0.6) is 17.2 Å². The van der Waals surface area contributed by atoms with Gasteiger partial charge in [0.2, 0.25) is 0 Å². The number of ether oxygens (including phenoxy) is 3. The topological polar surface area (TPSA) is 56.8 Å². The summed E-state index contributed by atoms with van der Waals surface area (Å²) in [6.45, 7) is 0.449. The first kappa shape index (κ1) is 19.1. The number of rotatable bonds is 6. The van der Waals surface area contributed by atoms with Crippen LogP contribution in [0, 0.1) is 11.8 Å². The van der Waals surface area contributed by atoms with Crippen molar-refractivity contribution in [1.29, 1.82) is 0 Å². The highest BCUT2D eigenvalue weighted by Gasteiger charge is 2.15. The van der Waals surface area contributed by atoms with Gasteiger partial charge in [-0.1, -0.05) is 54.3 Å². The maximum atomic E-state index is 12.3. The fourth-order valence-electron chi connectivity index (χ4n) is 2.83. The van der Waals surface area contributed by atoms with Gasteiger partial charge in [-0.2, -0.15) is 0 Å². The summed E-state index contributed by atoms with van der Waals surface area (Å²) in [6, 6.07) is 19.1. The predicted molar refractivity (Wildman–Crippen MR) is 109 cm³/mol. The lowest BCUT2D eigenvalue weighted by atomic mass is 10.1. The van der Waals surface area contributed by atoms with Gasteiger partial charge in [0.25, 0.3) is 5.91 Å². The second-order valence-electron chi connectivity index (χ2n) is 5.84. The van der Waals surface area contributed by atoms with Gasteiger partial charge in [0.05, 0.1) is 26.3 Å². The van der Waals surface area contributed by atoms with E-state index in [2.05, 4.69) is 17.2 Å². The minimum absolute atomic E-state index is 0.206. The summed E-state index contributed by atoms with van der Waals surface area (Å²) in [4.78, 5) is 12.3. The molecule has 3 aromatic rings. The Hall–Kier alpha value is -3.65. The molecular formula is C23H21NO4. The summed E-state index contributed by atoms with van der Waals surface area (Å²) >= 11 is 0. The Labute approximate surface area is 164 Å². The first-order valence-corrected chi connectivity index (χ1v) is 8.80. The average molecular weight is 375 g/mol. The van der Waals surface area contributed by atoms with Gasteiger partial charge in [0, 0.05) is 5.39 Å². The van der Waals surface area contributed by atoms with E-state index in [0.717, 1.165) is 16.5 Å². The molecule has 0 aliphatic carbocycles. The van der Waals surface area contributed by atoms with E-state index in [0.29, 0.717) is 17.1 Å². The maximum absolute atomic E-state index is 12.3. The SMILES string of the molecule is COc1cccc(C(=O)NCC#CCOc2cccc3ccccc23)c1OC. The molecule has 0 atom stereocenters. The van der Waals surface area contributed by atoms with E-state index in [9.17, 15) is 4.79 Å². The molecule has 3 rings (SSSR count). The highest BCUT2D eigenvalue weighted by Crippen LogP contribution is 2.30. The zero-order valence-electron chi connectivity index (χ0n) is 15.8. The van der Waals surface area contributed by atoms with Crippen molar-refractivity contribution in [1.82, 2.24) is 5.32 Å². The van der Waals surface area contributed by atoms with Gasteiger partial charge in [0.1, 0.15) is 12.4 Å². The lowest BCUT2D eigenvalue weighted by Gasteiger charge is -2.11. The van der Waals surface area contributed by atoms with E-state index in [1.54, 1.807) is 18.2 Å². The smallest absolute Gasteiger partial charge is 0.255 e. The number of benzene rings is 3. The fraction of sp³-hybridized carbons (Fsp3) is 0.174. The van der Waals surface area contributed by atoms with Crippen LogP contribution in [0.4, 0.5) is 0 Å². The fourth-order valence-corrected chi connectivity index (χ4v) is 2.83. The molecule has 0 heterocycles. The Bertz CT molecular complexity index is 1030. The number of carbonyl (C=O) groups excluding carboxylic acids is 1. The molecule has 142 valence electrons. The monoisotopic (exact) mass is 375 g/mol. The predicted octanol–water partition coefficient (Wildman–Crippen LogP) is 3.67. The molecule has 0 saturated heterocycles. The van der Waals surface area contributed by atoms with E-state index >= 15 is 0 Å². The number of hydrogen-bond donors (Lipinski definition) is 1. The van der Waals surface area contributed by atoms with Gasteiger partial charge in [-0.15, -0.1) is 0 Å². The first-order chi connectivity index (χ1) is 13.7. The standard InChI is InChI=1S/C23H21NO4/c1-26-21-14-8-12-19(22(21)27-2)23(25)24-15-5-6-16-28-20-13-7-10-17-9-3-4-11-18(17)20/h3-4,7-14H,15-16H2,1-2H3,(H,24,25). The van der Waals surface area contributed by atoms with Crippen LogP contribution >= 0.6 is 0 Å². The van der Waals surface area contributed by atoms with Crippen molar-refractivity contribution in [2.24, 2.45) is 0 Å². The van der Waals surface area contributed by atoms with Gasteiger partial charge < -0.3 is 19.5 Å². The second kappa shape index (κ2) is 9.33. The summed E-state index contributed by atoms with van der Waals surface area (Å²) in [6.07, 6.45) is 0. The van der Waals surface area contributed by atoms with Crippen molar-refractivity contribution < 1.29 is 19.0 Å². The lowest BCUT2D eigenvalue weighted by Crippen LogP contribution is -2.24. The van der Waals surface area contributed by atoms with Crippen molar-refractivity contribution in [2.45, 2.75) is 0 Å². The Kier molecular flexibility index (Phi) is 6.37. The molecule has 0 unspecified atom stereocenters. The molecule has 1 amide bonds. The third-order valence-corrected chi connectivity index (χ3v) is 4.16. The lowest BCUT2D eigenvalue weighted by molar-refractivity contribution is 0.0955. The third-order valence-electron chi connectivity index (χ3n) is 4.16. The molecular weight excluding hydrogens is 354 g/mol. The van der Waals surface area contributed by atoms with Crippen LogP contribution in [0.3, 0.4) is 0 Å². The van der Waals surface area contributed by atoms with E-state index in [4.69, 9.17) is 14.2 Å². The van der Waals surface area contributed by atoms with Crippen LogP contribution in [0.25, 0.3) is 10.8 Å². The van der Waals surface area contributed by atoms with Crippen molar-refractivity contribution in [2.75, 3.05) is 27.4 Å². The number of hydrogen-bond acceptors (Lipinski definition) is 4. The van der Waals surface area contributed by atoms with E-state index in [1.807, 2.05) is 42.5 Å². The highest BCUT2D eigenvalue weighted by atomic mass is 16.5. The van der Waals surface area contributed by atoms with Crippen LogP contribution in [0.1, 0.15) is 10.4 Å². The van der Waals surface area contributed by atoms with Gasteiger partial charge in [0.15, 0.2) is 11.5 Å². The third kappa shape index (κ3) is 4.36. The zero-order chi connectivity index (χ0) is 19.8. The van der Waals surface area contributed by atoms with Gasteiger partial charge in [-0.05, 0) is 23.6 Å². The van der Waals surface area contributed by atoms with Crippen LogP contribution in [-0.2, 0) is 0 Å². The van der Waals surface area contributed by atoms with Crippen molar-refractivity contribution in [3.05, 3.63) is 66.2 Å². The summed E-state index contributed by atoms with van der Waals surface area (Å²) in [5.74, 6) is 7.22. The number of nitrogens with one attached hydrogen (secondary N) is 1. The van der Waals surface area contributed by atoms with Gasteiger partial charge in [-0.3, -0.25) is 4.79 Å². The maximum Gasteiger partial charge on any atom is 0.255 e. The molecule has 0 bridgehead atoms. The Morgan fingerprint density at radius 3 is 2.46 bits per heavy atom. The Morgan fingerprint density at radius 1 is 0.893 bits per heavy atom. The molecule has 0 radical (unpaired) electrons. The highest BCUT2D eigenvalue weighted by molar-refractivity contribution is 5.98. The minimum atomic E-state index is -0.278. The van der Waals surface area contributed by atoms with Crippen molar-refractivity contribution >= 4 is 16.7 Å². The summed E-state index contributed by atoms with van der Waals surface area (Å²) in [7, 11) is 3.03. The summed E-state index contributed by atoms with van der Waals surface area (Å²) in [5, 5.41) is 4.91. The van der Waals surface area contributed by atoms with E-state index in [1.165, 1.54) is 14.2 Å². The molecule has 5 heteroatoms. The molecule has 0 saturated carbocycles. The molecule has 3 aromatic carbocycles. The molecule has 0 aliphatic rings. The van der Waals surface area contributed by atoms with Gasteiger partial charge >= 0.3 is 0 Å². The molecule has 0 spiro atoms. The number of amides is 1. The van der Waals surface area contributed by atoms with E-state index in [-0.39, 0.29) is 19.1 Å². The number of carbonyl (C=O) groups is 1. The van der Waals surface area contributed by atoms with Crippen LogP contribution in [0.15, 0.2) is 60.7 Å². The number of para-hydroxylation sites is 1. The van der Waals surface area contributed by atoms with Crippen LogP contribution < -0.4 is 19.5 Å². The Morgan fingerprint density at radius 2 is 1.64 bits per heavy atom. The molecule has 1 N–H and O–H groups in total. The second-order valence-corrected chi connectivity index (χ2v) is 5.84. The normalized spacial score (nSPS) is 9.93. The summed E-state index contributed by atoms with van der Waals surface area (Å²) < 4.78 is 16.2. The van der Waals surface area contributed by atoms with Crippen LogP contribution in [-0.4, -0.2) is 33.3 Å². The minimum Gasteiger partial charge on any atom is -0.493 e. The largest absolute Gasteiger partial charge is 0.493 e. The number of fused-ring (bicyclic) bond motifs is 1. The molecule has 5 nitrogen and oxygen atoms in total. The Balaban J connectivity index is 1.55. The number of methoxy groups -OCH3 is 2. The molecule has 28 heavy (non-hydrogen) atoms. The van der Waals surface area contributed by atoms with Crippen molar-refractivity contribution in [3.8, 4) is 29.1 Å². The molecule has 0 fully saturated rings. The summed E-state index contributed by atoms with van der Waals surface area (Å²) in [5.41, 5.74) is 0.399. The zero-order valence-corrected chi connectivity index (χ0v) is 15.8. The molecule has 0 aliphatic heterocycles. The quantitative estimate of drug-likeness (QED) is 0.668. The average Bonchev–Trinajstić information content (AvgIpc) is 2.75.